The summed E-state index contributed by atoms with van der Waals surface area (Å²) in [5, 5.41) is 21.8. The van der Waals surface area contributed by atoms with E-state index in [2.05, 4.69) is 37.8 Å². The molecule has 0 amide bonds. The first-order valence-corrected chi connectivity index (χ1v) is 14.6. The summed E-state index contributed by atoms with van der Waals surface area (Å²) in [5.74, 6) is 2.45. The molecular weight excluding hydrogens is 466 g/mol. The predicted molar refractivity (Wildman–Crippen MR) is 141 cm³/mol. The molecular formula is C31H45NO5. The first-order valence-electron chi connectivity index (χ1n) is 14.6. The van der Waals surface area contributed by atoms with Crippen LogP contribution in [0.3, 0.4) is 0 Å². The number of rotatable bonds is 7. The number of fused-ring (bicyclic) bond motifs is 2. The lowest BCUT2D eigenvalue weighted by atomic mass is 9.33. The number of hydrogen-bond acceptors (Lipinski definition) is 6. The Balaban J connectivity index is 1.45. The SMILES string of the molecule is COC12CC[C@]3(C[C@H]1[C@@](C)(O)C(C)(C)C)C1Cc4ccc(OCCO)c5c4[C@]3(CCN1CC1CC1)C2O5. The summed E-state index contributed by atoms with van der Waals surface area (Å²) in [6.07, 6.45) is 7.70. The molecule has 6 heteroatoms. The van der Waals surface area contributed by atoms with Crippen LogP contribution in [-0.2, 0) is 16.6 Å². The second kappa shape index (κ2) is 7.65. The molecule has 2 spiro atoms. The van der Waals surface area contributed by atoms with Crippen molar-refractivity contribution in [2.24, 2.45) is 22.7 Å². The minimum absolute atomic E-state index is 0.0221. The standard InChI is InChI=1S/C31H45NO5/c1-27(2,3)28(4,34)22-17-29-10-11-31(22,35-5)26-30(29)12-13-32(18-19-6-7-19)23(29)16-20-8-9-21(36-15-14-33)25(37-26)24(20)30/h8-9,19,22-23,26,33-34H,6-7,10-18H2,1-5H3/t22-,23?,26?,28+,29-,30+,31?/m0/s1. The van der Waals surface area contributed by atoms with Crippen molar-refractivity contribution in [1.82, 2.24) is 4.90 Å². The zero-order chi connectivity index (χ0) is 26.0. The van der Waals surface area contributed by atoms with Crippen LogP contribution < -0.4 is 9.47 Å². The summed E-state index contributed by atoms with van der Waals surface area (Å²) < 4.78 is 19.8. The van der Waals surface area contributed by atoms with E-state index in [1.165, 1.54) is 30.5 Å². The predicted octanol–water partition coefficient (Wildman–Crippen LogP) is 4.08. The van der Waals surface area contributed by atoms with Crippen LogP contribution in [0.25, 0.3) is 0 Å². The quantitative estimate of drug-likeness (QED) is 0.575. The summed E-state index contributed by atoms with van der Waals surface area (Å²) in [5.41, 5.74) is 0.907. The van der Waals surface area contributed by atoms with Crippen LogP contribution in [0.2, 0.25) is 0 Å². The van der Waals surface area contributed by atoms with Gasteiger partial charge < -0.3 is 24.4 Å². The molecule has 2 heterocycles. The van der Waals surface area contributed by atoms with E-state index in [1.807, 2.05) is 14.0 Å². The molecule has 1 aromatic carbocycles. The molecule has 5 aliphatic carbocycles. The fourth-order valence-electron chi connectivity index (χ4n) is 9.84. The van der Waals surface area contributed by atoms with Gasteiger partial charge in [-0.05, 0) is 81.4 Å². The highest BCUT2D eigenvalue weighted by Gasteiger charge is 2.82. The Morgan fingerprint density at radius 1 is 1.14 bits per heavy atom. The summed E-state index contributed by atoms with van der Waals surface area (Å²) in [4.78, 5) is 2.84. The van der Waals surface area contributed by atoms with Crippen LogP contribution >= 0.6 is 0 Å². The van der Waals surface area contributed by atoms with Gasteiger partial charge in [-0.3, -0.25) is 4.90 Å². The van der Waals surface area contributed by atoms with Crippen molar-refractivity contribution < 1.29 is 24.4 Å². The third kappa shape index (κ3) is 2.86. The van der Waals surface area contributed by atoms with Gasteiger partial charge in [0.05, 0.1) is 12.2 Å². The molecule has 7 atom stereocenters. The number of benzene rings is 1. The van der Waals surface area contributed by atoms with E-state index in [0.29, 0.717) is 6.04 Å². The molecule has 4 bridgehead atoms. The van der Waals surface area contributed by atoms with Crippen molar-refractivity contribution in [3.63, 3.8) is 0 Å². The van der Waals surface area contributed by atoms with E-state index in [4.69, 9.17) is 14.2 Å². The first-order chi connectivity index (χ1) is 17.6. The number of nitrogens with zero attached hydrogens (tertiary/aromatic N) is 1. The Hall–Kier alpha value is -1.34. The van der Waals surface area contributed by atoms with Gasteiger partial charge in [-0.1, -0.05) is 26.8 Å². The van der Waals surface area contributed by atoms with Gasteiger partial charge in [0.15, 0.2) is 11.5 Å². The van der Waals surface area contributed by atoms with Crippen molar-refractivity contribution in [1.29, 1.82) is 0 Å². The Morgan fingerprint density at radius 3 is 2.59 bits per heavy atom. The highest BCUT2D eigenvalue weighted by molar-refractivity contribution is 5.63. The minimum atomic E-state index is -0.914. The van der Waals surface area contributed by atoms with Gasteiger partial charge in [0.2, 0.25) is 0 Å². The molecule has 204 valence electrons. The molecule has 2 aliphatic heterocycles. The van der Waals surface area contributed by atoms with Crippen molar-refractivity contribution in [2.45, 2.75) is 101 Å². The van der Waals surface area contributed by atoms with Crippen molar-refractivity contribution in [3.05, 3.63) is 23.3 Å². The van der Waals surface area contributed by atoms with Crippen LogP contribution in [0.1, 0.15) is 77.3 Å². The number of aliphatic hydroxyl groups is 2. The van der Waals surface area contributed by atoms with E-state index in [1.54, 1.807) is 0 Å². The Bertz CT molecular complexity index is 1110. The highest BCUT2D eigenvalue weighted by Crippen LogP contribution is 2.78. The maximum atomic E-state index is 12.3. The molecule has 1 saturated heterocycles. The monoisotopic (exact) mass is 511 g/mol. The molecule has 3 unspecified atom stereocenters. The normalized spacial score (nSPS) is 41.2. The molecule has 0 aromatic heterocycles. The zero-order valence-electron chi connectivity index (χ0n) is 23.3. The van der Waals surface area contributed by atoms with E-state index in [9.17, 15) is 10.2 Å². The van der Waals surface area contributed by atoms with Crippen molar-refractivity contribution >= 4 is 0 Å². The lowest BCUT2D eigenvalue weighted by Crippen LogP contribution is -2.83. The van der Waals surface area contributed by atoms with Gasteiger partial charge in [-0.15, -0.1) is 0 Å². The third-order valence-corrected chi connectivity index (χ3v) is 12.2. The molecule has 4 saturated carbocycles. The van der Waals surface area contributed by atoms with Crippen LogP contribution in [0.5, 0.6) is 11.5 Å². The van der Waals surface area contributed by atoms with Crippen LogP contribution in [-0.4, -0.2) is 71.9 Å². The number of likely N-dealkylation sites (tertiary alicyclic amines) is 1. The minimum Gasteiger partial charge on any atom is -0.487 e. The van der Waals surface area contributed by atoms with Crippen LogP contribution in [0.15, 0.2) is 12.1 Å². The van der Waals surface area contributed by atoms with E-state index in [0.717, 1.165) is 56.1 Å². The lowest BCUT2D eigenvalue weighted by Gasteiger charge is -2.75. The smallest absolute Gasteiger partial charge is 0.165 e. The van der Waals surface area contributed by atoms with Gasteiger partial charge in [0.1, 0.15) is 18.3 Å². The Labute approximate surface area is 221 Å². The molecule has 8 rings (SSSR count). The van der Waals surface area contributed by atoms with Gasteiger partial charge in [-0.2, -0.15) is 0 Å². The summed E-state index contributed by atoms with van der Waals surface area (Å²) in [7, 11) is 1.85. The maximum absolute atomic E-state index is 12.3. The maximum Gasteiger partial charge on any atom is 0.165 e. The van der Waals surface area contributed by atoms with Gasteiger partial charge >= 0.3 is 0 Å². The van der Waals surface area contributed by atoms with Gasteiger partial charge in [-0.25, -0.2) is 0 Å². The second-order valence-electron chi connectivity index (χ2n) is 14.3. The molecule has 1 aromatic rings. The average Bonchev–Trinajstić information content (AvgIpc) is 3.60. The zero-order valence-corrected chi connectivity index (χ0v) is 23.3. The van der Waals surface area contributed by atoms with E-state index >= 15 is 0 Å². The Morgan fingerprint density at radius 2 is 1.92 bits per heavy atom. The highest BCUT2D eigenvalue weighted by atomic mass is 16.6. The van der Waals surface area contributed by atoms with Crippen LogP contribution in [0, 0.1) is 22.7 Å². The Kier molecular flexibility index (Phi) is 5.10. The number of hydrogen-bond donors (Lipinski definition) is 2. The average molecular weight is 512 g/mol. The molecule has 6 nitrogen and oxygen atoms in total. The fourth-order valence-corrected chi connectivity index (χ4v) is 9.84. The van der Waals surface area contributed by atoms with E-state index < -0.39 is 11.2 Å². The van der Waals surface area contributed by atoms with Crippen LogP contribution in [0.4, 0.5) is 0 Å². The fraction of sp³-hybridized carbons (Fsp3) is 0.806. The number of methoxy groups -OCH3 is 1. The lowest BCUT2D eigenvalue weighted by molar-refractivity contribution is -0.312. The molecule has 37 heavy (non-hydrogen) atoms. The second-order valence-corrected chi connectivity index (χ2v) is 14.3. The van der Waals surface area contributed by atoms with Crippen molar-refractivity contribution in [3.8, 4) is 11.5 Å². The molecule has 7 aliphatic rings. The summed E-state index contributed by atoms with van der Waals surface area (Å²) >= 11 is 0. The first kappa shape index (κ1) is 24.7. The van der Waals surface area contributed by atoms with Gasteiger partial charge in [0.25, 0.3) is 0 Å². The van der Waals surface area contributed by atoms with Crippen molar-refractivity contribution in [2.75, 3.05) is 33.4 Å². The number of ether oxygens (including phenoxy) is 3. The number of aliphatic hydroxyl groups excluding tert-OH is 1. The molecule has 5 fully saturated rings. The molecule has 0 radical (unpaired) electrons. The molecule has 2 N–H and O–H groups in total. The van der Waals surface area contributed by atoms with E-state index in [-0.39, 0.29) is 41.5 Å². The third-order valence-electron chi connectivity index (χ3n) is 12.2. The summed E-state index contributed by atoms with van der Waals surface area (Å²) in [6, 6.07) is 4.79. The van der Waals surface area contributed by atoms with Gasteiger partial charge in [0, 0.05) is 42.0 Å². The topological polar surface area (TPSA) is 71.4 Å². The largest absolute Gasteiger partial charge is 0.487 e. The number of piperidine rings is 1. The summed E-state index contributed by atoms with van der Waals surface area (Å²) in [6.45, 7) is 11.1.